The lowest BCUT2D eigenvalue weighted by Crippen LogP contribution is -2.56. The Bertz CT molecular complexity index is 987. The molecule has 1 aliphatic rings. The molecule has 0 heterocycles. The summed E-state index contributed by atoms with van der Waals surface area (Å²) in [5.41, 5.74) is 2.20. The molecule has 0 aliphatic heterocycles. The first kappa shape index (κ1) is 34.6. The van der Waals surface area contributed by atoms with Gasteiger partial charge in [0.2, 0.25) is 11.8 Å². The van der Waals surface area contributed by atoms with Crippen LogP contribution in [0.3, 0.4) is 0 Å². The predicted octanol–water partition coefficient (Wildman–Crippen LogP) is 7.39. The van der Waals surface area contributed by atoms with Crippen LogP contribution in [0.4, 0.5) is 4.79 Å². The number of nitrogens with one attached hydrogen (secondary N) is 2. The molecule has 1 saturated carbocycles. The number of hydrogen-bond acceptors (Lipinski definition) is 4. The van der Waals surface area contributed by atoms with E-state index in [2.05, 4.69) is 30.5 Å². The van der Waals surface area contributed by atoms with Crippen molar-refractivity contribution in [3.63, 3.8) is 0 Å². The number of alkyl carbamates (subject to hydrolysis) is 1. The number of aryl methyl sites for hydroxylation is 2. The van der Waals surface area contributed by atoms with E-state index in [0.29, 0.717) is 12.3 Å². The van der Waals surface area contributed by atoms with Crippen molar-refractivity contribution < 1.29 is 19.1 Å². The fourth-order valence-corrected chi connectivity index (χ4v) is 5.77. The van der Waals surface area contributed by atoms with Crippen LogP contribution in [0.5, 0.6) is 0 Å². The molecule has 3 amide bonds. The zero-order valence-corrected chi connectivity index (χ0v) is 27.4. The summed E-state index contributed by atoms with van der Waals surface area (Å²) < 4.78 is 5.54. The van der Waals surface area contributed by atoms with Crippen molar-refractivity contribution in [3.05, 3.63) is 34.9 Å². The zero-order chi connectivity index (χ0) is 30.9. The molecule has 2 rings (SSSR count). The molecule has 1 fully saturated rings. The Morgan fingerprint density at radius 3 is 2.00 bits per heavy atom. The van der Waals surface area contributed by atoms with Gasteiger partial charge >= 0.3 is 6.09 Å². The second-order valence-corrected chi connectivity index (χ2v) is 14.1. The summed E-state index contributed by atoms with van der Waals surface area (Å²) in [6.45, 7) is 19.9. The van der Waals surface area contributed by atoms with Gasteiger partial charge in [-0.25, -0.2) is 4.79 Å². The number of amides is 3. The van der Waals surface area contributed by atoms with Gasteiger partial charge in [0.05, 0.1) is 0 Å². The topological polar surface area (TPSA) is 87.7 Å². The van der Waals surface area contributed by atoms with Crippen LogP contribution in [0.25, 0.3) is 0 Å². The molecule has 1 aliphatic carbocycles. The van der Waals surface area contributed by atoms with E-state index in [1.54, 1.807) is 25.7 Å². The molecule has 0 aromatic heterocycles. The lowest BCUT2D eigenvalue weighted by molar-refractivity contribution is -0.146. The van der Waals surface area contributed by atoms with E-state index in [1.807, 2.05) is 46.8 Å². The molecule has 0 radical (unpaired) electrons. The Kier molecular flexibility index (Phi) is 13.2. The van der Waals surface area contributed by atoms with Gasteiger partial charge in [-0.15, -0.1) is 0 Å². The molecule has 0 saturated heterocycles. The normalized spacial score (nSPS) is 16.7. The van der Waals surface area contributed by atoms with Crippen LogP contribution in [-0.4, -0.2) is 46.5 Å². The van der Waals surface area contributed by atoms with Crippen molar-refractivity contribution in [2.24, 2.45) is 11.8 Å². The summed E-state index contributed by atoms with van der Waals surface area (Å²) in [5.74, 6) is 0.204. The number of benzene rings is 1. The molecular formula is C34H57N3O4. The van der Waals surface area contributed by atoms with E-state index in [1.165, 1.54) is 6.42 Å². The Labute approximate surface area is 249 Å². The lowest BCUT2D eigenvalue weighted by Gasteiger charge is -2.40. The second kappa shape index (κ2) is 15.6. The maximum atomic E-state index is 14.6. The number of carbonyl (C=O) groups is 3. The van der Waals surface area contributed by atoms with Crippen molar-refractivity contribution in [1.29, 1.82) is 0 Å². The molecule has 0 spiro atoms. The van der Waals surface area contributed by atoms with Gasteiger partial charge in [0.25, 0.3) is 0 Å². The Morgan fingerprint density at radius 2 is 1.49 bits per heavy atom. The Balaban J connectivity index is 2.60. The van der Waals surface area contributed by atoms with Crippen LogP contribution in [0.15, 0.2) is 18.2 Å². The van der Waals surface area contributed by atoms with Gasteiger partial charge in [-0.05, 0) is 91.0 Å². The average Bonchev–Trinajstić information content (AvgIpc) is 2.83. The predicted molar refractivity (Wildman–Crippen MR) is 167 cm³/mol. The number of hydrogen-bond donors (Lipinski definition) is 2. The second-order valence-electron chi connectivity index (χ2n) is 14.1. The van der Waals surface area contributed by atoms with Gasteiger partial charge in [-0.1, -0.05) is 76.3 Å². The average molecular weight is 572 g/mol. The minimum atomic E-state index is -0.817. The van der Waals surface area contributed by atoms with Gasteiger partial charge in [0.15, 0.2) is 0 Å². The Morgan fingerprint density at radius 1 is 0.902 bits per heavy atom. The van der Waals surface area contributed by atoms with E-state index < -0.39 is 23.8 Å². The summed E-state index contributed by atoms with van der Waals surface area (Å²) in [5, 5.41) is 6.19. The molecule has 0 bridgehead atoms. The summed E-state index contributed by atoms with van der Waals surface area (Å²) >= 11 is 0. The highest BCUT2D eigenvalue weighted by Crippen LogP contribution is 2.30. The van der Waals surface area contributed by atoms with Crippen molar-refractivity contribution in [2.45, 2.75) is 150 Å². The Hall–Kier alpha value is -2.57. The van der Waals surface area contributed by atoms with E-state index in [0.717, 1.165) is 55.2 Å². The van der Waals surface area contributed by atoms with Crippen LogP contribution in [0.2, 0.25) is 0 Å². The highest BCUT2D eigenvalue weighted by atomic mass is 16.6. The molecule has 1 aromatic carbocycles. The highest BCUT2D eigenvalue weighted by Gasteiger charge is 2.39. The van der Waals surface area contributed by atoms with Gasteiger partial charge in [-0.2, -0.15) is 0 Å². The largest absolute Gasteiger partial charge is 0.444 e. The third-order valence-corrected chi connectivity index (χ3v) is 7.63. The van der Waals surface area contributed by atoms with Crippen LogP contribution < -0.4 is 10.6 Å². The quantitative estimate of drug-likeness (QED) is 0.274. The van der Waals surface area contributed by atoms with E-state index >= 15 is 0 Å². The third kappa shape index (κ3) is 11.7. The van der Waals surface area contributed by atoms with Crippen LogP contribution >= 0.6 is 0 Å². The smallest absolute Gasteiger partial charge is 0.408 e. The SMILES string of the molecule is Cc1cc(C)cc(C(C(=O)NC2CCCCC2)N(C(=O)C(CC(C)C)NC(=O)OC(C)(C)C)C(C)CCC(C)C)c1. The van der Waals surface area contributed by atoms with Crippen molar-refractivity contribution in [1.82, 2.24) is 15.5 Å². The third-order valence-electron chi connectivity index (χ3n) is 7.63. The lowest BCUT2D eigenvalue weighted by atomic mass is 9.92. The number of rotatable bonds is 12. The molecule has 7 nitrogen and oxygen atoms in total. The molecule has 3 atom stereocenters. The summed E-state index contributed by atoms with van der Waals surface area (Å²) in [6, 6.07) is 4.39. The maximum absolute atomic E-state index is 14.6. The monoisotopic (exact) mass is 571 g/mol. The van der Waals surface area contributed by atoms with Crippen molar-refractivity contribution in [3.8, 4) is 0 Å². The van der Waals surface area contributed by atoms with E-state index in [4.69, 9.17) is 4.74 Å². The fraction of sp³-hybridized carbons (Fsp3) is 0.735. The highest BCUT2D eigenvalue weighted by molar-refractivity contribution is 5.92. The summed E-state index contributed by atoms with van der Waals surface area (Å²) in [6.07, 6.45) is 6.79. The number of nitrogens with zero attached hydrogens (tertiary/aromatic N) is 1. The summed E-state index contributed by atoms with van der Waals surface area (Å²) in [4.78, 5) is 43.6. The van der Waals surface area contributed by atoms with Crippen LogP contribution in [0.1, 0.15) is 129 Å². The van der Waals surface area contributed by atoms with Crippen LogP contribution in [0, 0.1) is 25.7 Å². The standard InChI is InChI=1S/C34H57N3O4/c1-22(2)16-17-26(7)37(32(39)29(18-23(3)4)36-33(40)41-34(8,9)10)30(27-20-24(5)19-25(6)21-27)31(38)35-28-14-12-11-13-15-28/h19-23,26,28-30H,11-18H2,1-10H3,(H,35,38)(H,36,40). The van der Waals surface area contributed by atoms with Gasteiger partial charge < -0.3 is 20.3 Å². The first-order chi connectivity index (χ1) is 19.1. The van der Waals surface area contributed by atoms with E-state index in [9.17, 15) is 14.4 Å². The molecule has 2 N–H and O–H groups in total. The minimum absolute atomic E-state index is 0.110. The van der Waals surface area contributed by atoms with Gasteiger partial charge in [0, 0.05) is 12.1 Å². The van der Waals surface area contributed by atoms with Crippen molar-refractivity contribution in [2.75, 3.05) is 0 Å². The first-order valence-corrected chi connectivity index (χ1v) is 15.8. The van der Waals surface area contributed by atoms with Gasteiger partial charge in [0.1, 0.15) is 17.7 Å². The van der Waals surface area contributed by atoms with Crippen molar-refractivity contribution >= 4 is 17.9 Å². The zero-order valence-electron chi connectivity index (χ0n) is 27.4. The minimum Gasteiger partial charge on any atom is -0.444 e. The molecule has 7 heteroatoms. The number of ether oxygens (including phenoxy) is 1. The maximum Gasteiger partial charge on any atom is 0.408 e. The number of carbonyl (C=O) groups excluding carboxylic acids is 3. The molecule has 3 unspecified atom stereocenters. The van der Waals surface area contributed by atoms with Gasteiger partial charge in [-0.3, -0.25) is 9.59 Å². The van der Waals surface area contributed by atoms with E-state index in [-0.39, 0.29) is 29.8 Å². The summed E-state index contributed by atoms with van der Waals surface area (Å²) in [7, 11) is 0. The molecular weight excluding hydrogens is 514 g/mol. The first-order valence-electron chi connectivity index (χ1n) is 15.8. The molecule has 232 valence electrons. The molecule has 1 aromatic rings. The molecule has 41 heavy (non-hydrogen) atoms. The fourth-order valence-electron chi connectivity index (χ4n) is 5.77. The van der Waals surface area contributed by atoms with Crippen LogP contribution in [-0.2, 0) is 14.3 Å².